The Hall–Kier alpha value is -2.74. The Morgan fingerprint density at radius 2 is 1.76 bits per heavy atom. The summed E-state index contributed by atoms with van der Waals surface area (Å²) in [6.45, 7) is 2.40. The zero-order chi connectivity index (χ0) is 21.3. The van der Waals surface area contributed by atoms with Crippen LogP contribution in [0.2, 0.25) is 0 Å². The first-order valence-electron chi connectivity index (χ1n) is 9.39. The summed E-state index contributed by atoms with van der Waals surface area (Å²) in [7, 11) is -2.02. The van der Waals surface area contributed by atoms with Crippen molar-refractivity contribution < 1.29 is 22.7 Å². The van der Waals surface area contributed by atoms with Crippen LogP contribution >= 0.6 is 0 Å². The topological polar surface area (TPSA) is 84.9 Å². The van der Waals surface area contributed by atoms with Gasteiger partial charge in [0.05, 0.1) is 25.1 Å². The quantitative estimate of drug-likeness (QED) is 0.604. The van der Waals surface area contributed by atoms with Crippen molar-refractivity contribution in [3.05, 3.63) is 54.6 Å². The molecule has 2 rings (SSSR count). The Morgan fingerprint density at radius 1 is 1.10 bits per heavy atom. The van der Waals surface area contributed by atoms with Gasteiger partial charge in [0, 0.05) is 13.0 Å². The Balaban J connectivity index is 1.85. The van der Waals surface area contributed by atoms with Crippen molar-refractivity contribution in [2.24, 2.45) is 0 Å². The Bertz CT molecular complexity index is 887. The zero-order valence-corrected chi connectivity index (χ0v) is 17.8. The molecule has 8 heteroatoms. The number of sulfonamides is 1. The third kappa shape index (κ3) is 7.30. The molecule has 0 spiro atoms. The van der Waals surface area contributed by atoms with Gasteiger partial charge in [-0.3, -0.25) is 9.10 Å². The minimum absolute atomic E-state index is 0.150. The summed E-state index contributed by atoms with van der Waals surface area (Å²) in [4.78, 5) is 12.2. The largest absolute Gasteiger partial charge is 0.495 e. The van der Waals surface area contributed by atoms with Gasteiger partial charge in [0.2, 0.25) is 15.9 Å². The second-order valence-corrected chi connectivity index (χ2v) is 8.61. The molecule has 2 aromatic carbocycles. The summed E-state index contributed by atoms with van der Waals surface area (Å²) in [5.41, 5.74) is 0.461. The smallest absolute Gasteiger partial charge is 0.232 e. The highest BCUT2D eigenvalue weighted by molar-refractivity contribution is 7.92. The van der Waals surface area contributed by atoms with E-state index in [1.54, 1.807) is 24.3 Å². The van der Waals surface area contributed by atoms with Gasteiger partial charge >= 0.3 is 0 Å². The molecule has 0 bridgehead atoms. The van der Waals surface area contributed by atoms with Crippen molar-refractivity contribution in [3.8, 4) is 11.5 Å². The molecule has 0 heterocycles. The van der Waals surface area contributed by atoms with Crippen molar-refractivity contribution in [1.82, 2.24) is 5.32 Å². The number of amides is 1. The fourth-order valence-corrected chi connectivity index (χ4v) is 3.78. The van der Waals surface area contributed by atoms with Crippen molar-refractivity contribution >= 4 is 21.6 Å². The number of rotatable bonds is 11. The average molecular weight is 421 g/mol. The molecule has 1 amide bonds. The van der Waals surface area contributed by atoms with Gasteiger partial charge in [0.1, 0.15) is 18.1 Å². The number of hydrogen-bond donors (Lipinski definition) is 1. The lowest BCUT2D eigenvalue weighted by Gasteiger charge is -2.24. The van der Waals surface area contributed by atoms with Gasteiger partial charge in [0.15, 0.2) is 0 Å². The van der Waals surface area contributed by atoms with Crippen molar-refractivity contribution in [3.63, 3.8) is 0 Å². The van der Waals surface area contributed by atoms with Crippen LogP contribution in [-0.2, 0) is 14.8 Å². The molecule has 29 heavy (non-hydrogen) atoms. The third-order valence-corrected chi connectivity index (χ3v) is 5.35. The van der Waals surface area contributed by atoms with Crippen LogP contribution < -0.4 is 19.1 Å². The van der Waals surface area contributed by atoms with Gasteiger partial charge in [0.25, 0.3) is 0 Å². The molecule has 158 valence electrons. The van der Waals surface area contributed by atoms with E-state index in [0.29, 0.717) is 24.5 Å². The van der Waals surface area contributed by atoms with Crippen LogP contribution in [0.3, 0.4) is 0 Å². The first-order chi connectivity index (χ1) is 13.8. The van der Waals surface area contributed by atoms with E-state index in [9.17, 15) is 13.2 Å². The van der Waals surface area contributed by atoms with E-state index >= 15 is 0 Å². The maximum absolute atomic E-state index is 12.2. The molecule has 2 aromatic rings. The monoisotopic (exact) mass is 420 g/mol. The minimum Gasteiger partial charge on any atom is -0.495 e. The number of anilines is 1. The highest BCUT2D eigenvalue weighted by Crippen LogP contribution is 2.29. The van der Waals surface area contributed by atoms with Crippen LogP contribution in [0.15, 0.2) is 54.6 Å². The minimum atomic E-state index is -3.51. The second-order valence-electron chi connectivity index (χ2n) is 6.70. The summed E-state index contributed by atoms with van der Waals surface area (Å²) < 4.78 is 36.6. The maximum Gasteiger partial charge on any atom is 0.232 e. The second kappa shape index (κ2) is 10.7. The van der Waals surface area contributed by atoms with E-state index < -0.39 is 10.0 Å². The number of hydrogen-bond acceptors (Lipinski definition) is 5. The molecule has 0 saturated heterocycles. The van der Waals surface area contributed by atoms with E-state index in [1.807, 2.05) is 37.3 Å². The highest BCUT2D eigenvalue weighted by Gasteiger charge is 2.21. The molecule has 0 saturated carbocycles. The number of carbonyl (C=O) groups is 1. The third-order valence-electron chi connectivity index (χ3n) is 4.17. The summed E-state index contributed by atoms with van der Waals surface area (Å²) in [5, 5.41) is 2.87. The Kier molecular flexibility index (Phi) is 8.33. The Labute approximate surface area is 172 Å². The summed E-state index contributed by atoms with van der Waals surface area (Å²) in [6, 6.07) is 16.1. The van der Waals surface area contributed by atoms with Gasteiger partial charge in [-0.2, -0.15) is 0 Å². The lowest BCUT2D eigenvalue weighted by molar-refractivity contribution is -0.121. The molecule has 0 aromatic heterocycles. The molecule has 1 N–H and O–H groups in total. The first kappa shape index (κ1) is 22.5. The lowest BCUT2D eigenvalue weighted by atomic mass is 10.2. The predicted octanol–water partition coefficient (Wildman–Crippen LogP) is 2.83. The normalized spacial score (nSPS) is 12.1. The fraction of sp³-hybridized carbons (Fsp3) is 0.381. The maximum atomic E-state index is 12.2. The molecule has 0 radical (unpaired) electrons. The standard InChI is InChI=1S/C21H28N2O5S/c1-17(16-28-18-10-5-4-6-11-18)22-21(24)14-9-15-23(29(3,25)26)19-12-7-8-13-20(19)27-2/h4-8,10-13,17H,9,14-16H2,1-3H3,(H,22,24)/t17-/m1/s1. The zero-order valence-electron chi connectivity index (χ0n) is 17.0. The van der Waals surface area contributed by atoms with E-state index in [-0.39, 0.29) is 24.9 Å². The van der Waals surface area contributed by atoms with Gasteiger partial charge in [-0.25, -0.2) is 8.42 Å². The van der Waals surface area contributed by atoms with Crippen LogP contribution in [0.25, 0.3) is 0 Å². The van der Waals surface area contributed by atoms with Crippen LogP contribution in [0.1, 0.15) is 19.8 Å². The SMILES string of the molecule is COc1ccccc1N(CCCC(=O)N[C@H](C)COc1ccccc1)S(C)(=O)=O. The molecule has 0 aliphatic heterocycles. The van der Waals surface area contributed by atoms with Gasteiger partial charge in [-0.05, 0) is 37.6 Å². The van der Waals surface area contributed by atoms with Crippen LogP contribution in [0.5, 0.6) is 11.5 Å². The first-order valence-corrected chi connectivity index (χ1v) is 11.2. The molecular weight excluding hydrogens is 392 g/mol. The van der Waals surface area contributed by atoms with Crippen LogP contribution in [-0.4, -0.2) is 46.9 Å². The van der Waals surface area contributed by atoms with Gasteiger partial charge in [-0.1, -0.05) is 30.3 Å². The predicted molar refractivity (Wildman–Crippen MR) is 114 cm³/mol. The molecule has 0 unspecified atom stereocenters. The number of nitrogens with zero attached hydrogens (tertiary/aromatic N) is 1. The van der Waals surface area contributed by atoms with Crippen molar-refractivity contribution in [1.29, 1.82) is 0 Å². The number of methoxy groups -OCH3 is 1. The van der Waals surface area contributed by atoms with Crippen molar-refractivity contribution in [2.45, 2.75) is 25.8 Å². The van der Waals surface area contributed by atoms with Crippen molar-refractivity contribution in [2.75, 3.05) is 30.8 Å². The molecule has 0 aliphatic carbocycles. The molecule has 0 fully saturated rings. The number of para-hydroxylation sites is 3. The number of benzene rings is 2. The molecule has 0 aliphatic rings. The lowest BCUT2D eigenvalue weighted by Crippen LogP contribution is -2.37. The Morgan fingerprint density at radius 3 is 2.41 bits per heavy atom. The van der Waals surface area contributed by atoms with E-state index in [0.717, 1.165) is 12.0 Å². The molecular formula is C21H28N2O5S. The number of nitrogens with one attached hydrogen (secondary N) is 1. The average Bonchev–Trinajstić information content (AvgIpc) is 2.69. The van der Waals surface area contributed by atoms with Gasteiger partial charge < -0.3 is 14.8 Å². The summed E-state index contributed by atoms with van der Waals surface area (Å²) in [6.07, 6.45) is 1.72. The van der Waals surface area contributed by atoms with E-state index in [4.69, 9.17) is 9.47 Å². The summed E-state index contributed by atoms with van der Waals surface area (Å²) in [5.74, 6) is 1.06. The number of ether oxygens (including phenoxy) is 2. The summed E-state index contributed by atoms with van der Waals surface area (Å²) >= 11 is 0. The van der Waals surface area contributed by atoms with Crippen LogP contribution in [0, 0.1) is 0 Å². The van der Waals surface area contributed by atoms with Crippen LogP contribution in [0.4, 0.5) is 5.69 Å². The van der Waals surface area contributed by atoms with Gasteiger partial charge in [-0.15, -0.1) is 0 Å². The molecule has 1 atom stereocenters. The fourth-order valence-electron chi connectivity index (χ4n) is 2.81. The highest BCUT2D eigenvalue weighted by atomic mass is 32.2. The molecule has 7 nitrogen and oxygen atoms in total. The number of carbonyl (C=O) groups excluding carboxylic acids is 1. The van der Waals surface area contributed by atoms with E-state index in [2.05, 4.69) is 5.32 Å². The van der Waals surface area contributed by atoms with E-state index in [1.165, 1.54) is 11.4 Å².